The fourth-order valence-electron chi connectivity index (χ4n) is 2.64. The average molecular weight is 257 g/mol. The summed E-state index contributed by atoms with van der Waals surface area (Å²) in [7, 11) is 1.73. The maximum absolute atomic E-state index is 11.4. The summed E-state index contributed by atoms with van der Waals surface area (Å²) in [5.41, 5.74) is -0.777. The van der Waals surface area contributed by atoms with Crippen LogP contribution in [0.5, 0.6) is 0 Å². The molecule has 106 valence electrons. The van der Waals surface area contributed by atoms with Crippen molar-refractivity contribution < 1.29 is 14.6 Å². The normalized spacial score (nSPS) is 28.6. The lowest BCUT2D eigenvalue weighted by Crippen LogP contribution is -2.54. The van der Waals surface area contributed by atoms with Crippen LogP contribution in [0.3, 0.4) is 0 Å². The Balaban J connectivity index is 2.37. The molecule has 0 amide bonds. The Hall–Kier alpha value is -0.610. The SMILES string of the molecule is CNC1(C(=O)O)CCCC(OCCCC(C)C)C1. The van der Waals surface area contributed by atoms with E-state index in [1.54, 1.807) is 7.05 Å². The van der Waals surface area contributed by atoms with Crippen LogP contribution in [0.15, 0.2) is 0 Å². The van der Waals surface area contributed by atoms with Crippen molar-refractivity contribution in [2.24, 2.45) is 5.92 Å². The minimum Gasteiger partial charge on any atom is -0.480 e. The second-order valence-electron chi connectivity index (χ2n) is 5.76. The van der Waals surface area contributed by atoms with Crippen molar-refractivity contribution in [3.63, 3.8) is 0 Å². The van der Waals surface area contributed by atoms with Gasteiger partial charge >= 0.3 is 5.97 Å². The van der Waals surface area contributed by atoms with Crippen molar-refractivity contribution >= 4 is 5.97 Å². The Morgan fingerprint density at radius 2 is 2.28 bits per heavy atom. The fourth-order valence-corrected chi connectivity index (χ4v) is 2.64. The molecule has 4 nitrogen and oxygen atoms in total. The lowest BCUT2D eigenvalue weighted by Gasteiger charge is -2.37. The van der Waals surface area contributed by atoms with E-state index in [2.05, 4.69) is 19.2 Å². The number of carboxylic acid groups (broad SMARTS) is 1. The van der Waals surface area contributed by atoms with Gasteiger partial charge in [-0.05, 0) is 45.1 Å². The summed E-state index contributed by atoms with van der Waals surface area (Å²) < 4.78 is 5.84. The Kier molecular flexibility index (Phi) is 6.09. The summed E-state index contributed by atoms with van der Waals surface area (Å²) in [5, 5.41) is 12.3. The highest BCUT2D eigenvalue weighted by molar-refractivity contribution is 5.79. The van der Waals surface area contributed by atoms with Crippen molar-refractivity contribution in [2.75, 3.05) is 13.7 Å². The van der Waals surface area contributed by atoms with Crippen LogP contribution in [-0.4, -0.2) is 36.4 Å². The van der Waals surface area contributed by atoms with Gasteiger partial charge in [0.2, 0.25) is 0 Å². The molecule has 0 radical (unpaired) electrons. The van der Waals surface area contributed by atoms with E-state index in [-0.39, 0.29) is 6.10 Å². The number of aliphatic carboxylic acids is 1. The zero-order valence-electron chi connectivity index (χ0n) is 11.9. The summed E-state index contributed by atoms with van der Waals surface area (Å²) in [6.45, 7) is 5.16. The van der Waals surface area contributed by atoms with Gasteiger partial charge in [-0.15, -0.1) is 0 Å². The molecular formula is C14H27NO3. The van der Waals surface area contributed by atoms with Gasteiger partial charge in [0.25, 0.3) is 0 Å². The lowest BCUT2D eigenvalue weighted by molar-refractivity contribution is -0.148. The number of nitrogens with one attached hydrogen (secondary N) is 1. The predicted octanol–water partition coefficient (Wildman–Crippen LogP) is 2.42. The van der Waals surface area contributed by atoms with Crippen LogP contribution in [0, 0.1) is 5.92 Å². The molecule has 1 fully saturated rings. The number of likely N-dealkylation sites (N-methyl/N-ethyl adjacent to an activating group) is 1. The molecule has 1 saturated carbocycles. The van der Waals surface area contributed by atoms with E-state index in [1.165, 1.54) is 6.42 Å². The van der Waals surface area contributed by atoms with E-state index in [0.717, 1.165) is 25.9 Å². The van der Waals surface area contributed by atoms with Crippen LogP contribution >= 0.6 is 0 Å². The Morgan fingerprint density at radius 1 is 1.56 bits per heavy atom. The smallest absolute Gasteiger partial charge is 0.323 e. The van der Waals surface area contributed by atoms with Crippen molar-refractivity contribution in [2.45, 2.75) is 64.0 Å². The van der Waals surface area contributed by atoms with Gasteiger partial charge in [0.05, 0.1) is 6.10 Å². The number of carboxylic acids is 1. The zero-order chi connectivity index (χ0) is 13.6. The van der Waals surface area contributed by atoms with Crippen LogP contribution < -0.4 is 5.32 Å². The Bertz CT molecular complexity index is 268. The van der Waals surface area contributed by atoms with Crippen LogP contribution in [0.25, 0.3) is 0 Å². The monoisotopic (exact) mass is 257 g/mol. The van der Waals surface area contributed by atoms with E-state index in [9.17, 15) is 9.90 Å². The van der Waals surface area contributed by atoms with E-state index >= 15 is 0 Å². The maximum Gasteiger partial charge on any atom is 0.323 e. The molecule has 0 aliphatic heterocycles. The minimum atomic E-state index is -0.777. The topological polar surface area (TPSA) is 58.6 Å². The summed E-state index contributed by atoms with van der Waals surface area (Å²) in [4.78, 5) is 11.4. The molecule has 2 unspecified atom stereocenters. The number of rotatable bonds is 7. The molecular weight excluding hydrogens is 230 g/mol. The quantitative estimate of drug-likeness (QED) is 0.688. The Labute approximate surface area is 110 Å². The fraction of sp³-hybridized carbons (Fsp3) is 0.929. The standard InChI is InChI=1S/C14H27NO3/c1-11(2)6-5-9-18-12-7-4-8-14(10-12,15-3)13(16)17/h11-12,15H,4-10H2,1-3H3,(H,16,17). The second-order valence-corrected chi connectivity index (χ2v) is 5.76. The summed E-state index contributed by atoms with van der Waals surface area (Å²) in [6, 6.07) is 0. The van der Waals surface area contributed by atoms with E-state index in [4.69, 9.17) is 4.74 Å². The van der Waals surface area contributed by atoms with Gasteiger partial charge in [-0.25, -0.2) is 0 Å². The van der Waals surface area contributed by atoms with Crippen molar-refractivity contribution in [1.29, 1.82) is 0 Å². The molecule has 0 heterocycles. The average Bonchev–Trinajstić information content (AvgIpc) is 2.34. The van der Waals surface area contributed by atoms with Crippen molar-refractivity contribution in [3.8, 4) is 0 Å². The van der Waals surface area contributed by atoms with E-state index < -0.39 is 11.5 Å². The first-order valence-electron chi connectivity index (χ1n) is 7.04. The van der Waals surface area contributed by atoms with Gasteiger partial charge in [-0.3, -0.25) is 4.79 Å². The molecule has 0 spiro atoms. The molecule has 18 heavy (non-hydrogen) atoms. The van der Waals surface area contributed by atoms with Gasteiger partial charge in [-0.1, -0.05) is 13.8 Å². The van der Waals surface area contributed by atoms with Crippen LogP contribution in [0.2, 0.25) is 0 Å². The number of hydrogen-bond acceptors (Lipinski definition) is 3. The zero-order valence-corrected chi connectivity index (χ0v) is 11.9. The predicted molar refractivity (Wildman–Crippen MR) is 71.7 cm³/mol. The Morgan fingerprint density at radius 3 is 2.83 bits per heavy atom. The van der Waals surface area contributed by atoms with Gasteiger partial charge in [-0.2, -0.15) is 0 Å². The summed E-state index contributed by atoms with van der Waals surface area (Å²) in [6.07, 6.45) is 5.51. The lowest BCUT2D eigenvalue weighted by atomic mass is 9.80. The number of ether oxygens (including phenoxy) is 1. The van der Waals surface area contributed by atoms with Gasteiger partial charge < -0.3 is 15.2 Å². The van der Waals surface area contributed by atoms with Gasteiger partial charge in [0.15, 0.2) is 0 Å². The molecule has 0 aromatic carbocycles. The molecule has 4 heteroatoms. The third-order valence-corrected chi connectivity index (χ3v) is 3.87. The summed E-state index contributed by atoms with van der Waals surface area (Å²) >= 11 is 0. The molecule has 0 aromatic heterocycles. The van der Waals surface area contributed by atoms with Crippen molar-refractivity contribution in [1.82, 2.24) is 5.32 Å². The van der Waals surface area contributed by atoms with Crippen LogP contribution in [0.4, 0.5) is 0 Å². The maximum atomic E-state index is 11.4. The summed E-state index contributed by atoms with van der Waals surface area (Å²) in [5.74, 6) is -0.0455. The van der Waals surface area contributed by atoms with Crippen LogP contribution in [-0.2, 0) is 9.53 Å². The highest BCUT2D eigenvalue weighted by atomic mass is 16.5. The molecule has 1 rings (SSSR count). The first-order valence-corrected chi connectivity index (χ1v) is 7.04. The number of hydrogen-bond donors (Lipinski definition) is 2. The van der Waals surface area contributed by atoms with Gasteiger partial charge in [0.1, 0.15) is 5.54 Å². The molecule has 2 atom stereocenters. The third kappa shape index (κ3) is 4.25. The number of carbonyl (C=O) groups is 1. The third-order valence-electron chi connectivity index (χ3n) is 3.87. The van der Waals surface area contributed by atoms with Crippen molar-refractivity contribution in [3.05, 3.63) is 0 Å². The van der Waals surface area contributed by atoms with Crippen LogP contribution in [0.1, 0.15) is 52.4 Å². The largest absolute Gasteiger partial charge is 0.480 e. The van der Waals surface area contributed by atoms with Gasteiger partial charge in [0, 0.05) is 13.0 Å². The molecule has 1 aliphatic carbocycles. The van der Waals surface area contributed by atoms with E-state index in [0.29, 0.717) is 18.8 Å². The first kappa shape index (κ1) is 15.4. The molecule has 2 N–H and O–H groups in total. The second kappa shape index (κ2) is 7.10. The highest BCUT2D eigenvalue weighted by Crippen LogP contribution is 2.30. The molecule has 0 aromatic rings. The molecule has 1 aliphatic rings. The first-order chi connectivity index (χ1) is 8.50. The highest BCUT2D eigenvalue weighted by Gasteiger charge is 2.41. The molecule has 0 bridgehead atoms. The van der Waals surface area contributed by atoms with E-state index in [1.807, 2.05) is 0 Å². The minimum absolute atomic E-state index is 0.0921. The molecule has 0 saturated heterocycles.